The summed E-state index contributed by atoms with van der Waals surface area (Å²) in [4.78, 5) is 9.32. The zero-order valence-corrected chi connectivity index (χ0v) is 20.0. The van der Waals surface area contributed by atoms with Crippen molar-refractivity contribution in [2.24, 2.45) is 10.9 Å². The molecular formula is C21H36IN5O. The number of hydrogen-bond acceptors (Lipinski definition) is 4. The SMILES string of the molecule is CN=C(NCc1ccc(N2CCOCC2)cc1)NC1CN(C(C)C)CC1C.I. The Bertz CT molecular complexity index is 616. The molecule has 2 fully saturated rings. The van der Waals surface area contributed by atoms with Crippen LogP contribution in [0.4, 0.5) is 5.69 Å². The molecule has 1 aromatic rings. The number of halogens is 1. The zero-order valence-electron chi connectivity index (χ0n) is 17.6. The number of ether oxygens (including phenoxy) is 1. The number of hydrogen-bond donors (Lipinski definition) is 2. The minimum atomic E-state index is 0. The van der Waals surface area contributed by atoms with Gasteiger partial charge in [0.15, 0.2) is 5.96 Å². The molecule has 0 bridgehead atoms. The van der Waals surface area contributed by atoms with Crippen molar-refractivity contribution in [3.8, 4) is 0 Å². The van der Waals surface area contributed by atoms with E-state index in [1.54, 1.807) is 0 Å². The van der Waals surface area contributed by atoms with Gasteiger partial charge in [-0.05, 0) is 37.5 Å². The summed E-state index contributed by atoms with van der Waals surface area (Å²) in [6.07, 6.45) is 0. The second-order valence-electron chi connectivity index (χ2n) is 7.97. The van der Waals surface area contributed by atoms with E-state index in [1.807, 2.05) is 7.05 Å². The molecule has 2 aliphatic heterocycles. The van der Waals surface area contributed by atoms with E-state index in [0.29, 0.717) is 18.0 Å². The Morgan fingerprint density at radius 3 is 2.43 bits per heavy atom. The number of nitrogens with zero attached hydrogens (tertiary/aromatic N) is 3. The molecule has 2 heterocycles. The molecule has 0 saturated carbocycles. The van der Waals surface area contributed by atoms with E-state index in [9.17, 15) is 0 Å². The van der Waals surface area contributed by atoms with Crippen LogP contribution < -0.4 is 15.5 Å². The van der Waals surface area contributed by atoms with E-state index in [2.05, 4.69) is 70.5 Å². The summed E-state index contributed by atoms with van der Waals surface area (Å²) in [6.45, 7) is 13.4. The Hall–Kier alpha value is -1.06. The number of anilines is 1. The Balaban J connectivity index is 0.00000280. The first kappa shape index (κ1) is 23.2. The first-order valence-corrected chi connectivity index (χ1v) is 10.2. The Morgan fingerprint density at radius 1 is 1.18 bits per heavy atom. The lowest BCUT2D eigenvalue weighted by atomic mass is 10.1. The molecule has 158 valence electrons. The van der Waals surface area contributed by atoms with E-state index in [0.717, 1.165) is 51.9 Å². The molecule has 1 aromatic carbocycles. The summed E-state index contributed by atoms with van der Waals surface area (Å²) in [5.41, 5.74) is 2.54. The number of aliphatic imine (C=N–C) groups is 1. The molecule has 0 aliphatic carbocycles. The fourth-order valence-corrected chi connectivity index (χ4v) is 3.82. The molecular weight excluding hydrogens is 465 g/mol. The maximum atomic E-state index is 5.43. The average molecular weight is 501 g/mol. The van der Waals surface area contributed by atoms with E-state index in [-0.39, 0.29) is 24.0 Å². The Morgan fingerprint density at radius 2 is 1.86 bits per heavy atom. The third kappa shape index (κ3) is 6.22. The van der Waals surface area contributed by atoms with Crippen molar-refractivity contribution in [3.05, 3.63) is 29.8 Å². The fraction of sp³-hybridized carbons (Fsp3) is 0.667. The molecule has 2 N–H and O–H groups in total. The summed E-state index contributed by atoms with van der Waals surface area (Å²) in [5.74, 6) is 1.51. The summed E-state index contributed by atoms with van der Waals surface area (Å²) in [6, 6.07) is 9.85. The third-order valence-electron chi connectivity index (χ3n) is 5.69. The van der Waals surface area contributed by atoms with Gasteiger partial charge in [-0.25, -0.2) is 0 Å². The minimum absolute atomic E-state index is 0. The molecule has 28 heavy (non-hydrogen) atoms. The van der Waals surface area contributed by atoms with E-state index >= 15 is 0 Å². The van der Waals surface area contributed by atoms with Gasteiger partial charge < -0.3 is 20.3 Å². The van der Waals surface area contributed by atoms with Crippen molar-refractivity contribution in [2.45, 2.75) is 39.4 Å². The van der Waals surface area contributed by atoms with Gasteiger partial charge in [-0.1, -0.05) is 19.1 Å². The first-order valence-electron chi connectivity index (χ1n) is 10.2. The van der Waals surface area contributed by atoms with E-state index < -0.39 is 0 Å². The summed E-state index contributed by atoms with van der Waals surface area (Å²) < 4.78 is 5.43. The first-order chi connectivity index (χ1) is 13.1. The van der Waals surface area contributed by atoms with Crippen LogP contribution in [0.1, 0.15) is 26.3 Å². The van der Waals surface area contributed by atoms with Crippen molar-refractivity contribution in [1.82, 2.24) is 15.5 Å². The highest BCUT2D eigenvalue weighted by atomic mass is 127. The fourth-order valence-electron chi connectivity index (χ4n) is 3.82. The van der Waals surface area contributed by atoms with Gasteiger partial charge in [0.1, 0.15) is 0 Å². The van der Waals surface area contributed by atoms with Gasteiger partial charge in [-0.2, -0.15) is 0 Å². The van der Waals surface area contributed by atoms with Gasteiger partial charge in [-0.15, -0.1) is 24.0 Å². The van der Waals surface area contributed by atoms with Crippen LogP contribution in [-0.2, 0) is 11.3 Å². The minimum Gasteiger partial charge on any atom is -0.378 e. The highest BCUT2D eigenvalue weighted by Gasteiger charge is 2.31. The standard InChI is InChI=1S/C21H35N5O.HI/c1-16(2)26-14-17(3)20(15-26)24-21(22-4)23-13-18-5-7-19(8-6-18)25-9-11-27-12-10-25;/h5-8,16-17,20H,9-15H2,1-4H3,(H2,22,23,24);1H. The number of rotatable bonds is 5. The van der Waals surface area contributed by atoms with E-state index in [4.69, 9.17) is 4.74 Å². The monoisotopic (exact) mass is 501 g/mol. The molecule has 6 nitrogen and oxygen atoms in total. The number of morpholine rings is 1. The van der Waals surface area contributed by atoms with Crippen molar-refractivity contribution in [2.75, 3.05) is 51.3 Å². The lowest BCUT2D eigenvalue weighted by Gasteiger charge is -2.29. The predicted octanol–water partition coefficient (Wildman–Crippen LogP) is 2.53. The van der Waals surface area contributed by atoms with Crippen LogP contribution in [0.5, 0.6) is 0 Å². The number of guanidine groups is 1. The van der Waals surface area contributed by atoms with Crippen LogP contribution in [0.2, 0.25) is 0 Å². The van der Waals surface area contributed by atoms with Crippen molar-refractivity contribution < 1.29 is 4.74 Å². The molecule has 7 heteroatoms. The van der Waals surface area contributed by atoms with Crippen LogP contribution in [0, 0.1) is 5.92 Å². The maximum absolute atomic E-state index is 5.43. The zero-order chi connectivity index (χ0) is 19.2. The summed E-state index contributed by atoms with van der Waals surface area (Å²) in [7, 11) is 1.84. The molecule has 0 amide bonds. The smallest absolute Gasteiger partial charge is 0.191 e. The highest BCUT2D eigenvalue weighted by molar-refractivity contribution is 14.0. The lowest BCUT2D eigenvalue weighted by Crippen LogP contribution is -2.46. The third-order valence-corrected chi connectivity index (χ3v) is 5.69. The van der Waals surface area contributed by atoms with E-state index in [1.165, 1.54) is 11.3 Å². The van der Waals surface area contributed by atoms with Gasteiger partial charge in [0.25, 0.3) is 0 Å². The molecule has 2 atom stereocenters. The van der Waals surface area contributed by atoms with Crippen molar-refractivity contribution in [3.63, 3.8) is 0 Å². The molecule has 0 spiro atoms. The van der Waals surface area contributed by atoms with Crippen LogP contribution in [-0.4, -0.2) is 69.4 Å². The molecule has 0 aromatic heterocycles. The van der Waals surface area contributed by atoms with Crippen LogP contribution in [0.3, 0.4) is 0 Å². The second kappa shape index (κ2) is 11.2. The number of benzene rings is 1. The van der Waals surface area contributed by atoms with Gasteiger partial charge in [0.05, 0.1) is 13.2 Å². The molecule has 2 saturated heterocycles. The summed E-state index contributed by atoms with van der Waals surface area (Å²) >= 11 is 0. The van der Waals surface area contributed by atoms with Crippen LogP contribution in [0.25, 0.3) is 0 Å². The largest absolute Gasteiger partial charge is 0.378 e. The van der Waals surface area contributed by atoms with Gasteiger partial charge in [0.2, 0.25) is 0 Å². The maximum Gasteiger partial charge on any atom is 0.191 e. The van der Waals surface area contributed by atoms with Crippen LogP contribution in [0.15, 0.2) is 29.3 Å². The van der Waals surface area contributed by atoms with Gasteiger partial charge in [-0.3, -0.25) is 9.89 Å². The average Bonchev–Trinajstić information content (AvgIpc) is 3.07. The quantitative estimate of drug-likeness (QED) is 0.369. The Kier molecular flexibility index (Phi) is 9.30. The van der Waals surface area contributed by atoms with Crippen molar-refractivity contribution >= 4 is 35.6 Å². The normalized spacial score (nSPS) is 23.6. The molecule has 0 radical (unpaired) electrons. The second-order valence-corrected chi connectivity index (χ2v) is 7.97. The predicted molar refractivity (Wildman–Crippen MR) is 128 cm³/mol. The molecule has 3 rings (SSSR count). The summed E-state index contributed by atoms with van der Waals surface area (Å²) in [5, 5.41) is 7.07. The van der Waals surface area contributed by atoms with Gasteiger partial charge >= 0.3 is 0 Å². The highest BCUT2D eigenvalue weighted by Crippen LogP contribution is 2.19. The lowest BCUT2D eigenvalue weighted by molar-refractivity contribution is 0.122. The number of nitrogens with one attached hydrogen (secondary N) is 2. The Labute approximate surface area is 187 Å². The number of likely N-dealkylation sites (tertiary alicyclic amines) is 1. The van der Waals surface area contributed by atoms with Crippen LogP contribution >= 0.6 is 24.0 Å². The molecule has 2 aliphatic rings. The van der Waals surface area contributed by atoms with Gasteiger partial charge in [0, 0.05) is 57.5 Å². The topological polar surface area (TPSA) is 52.1 Å². The molecule has 2 unspecified atom stereocenters. The van der Waals surface area contributed by atoms with Crippen molar-refractivity contribution in [1.29, 1.82) is 0 Å².